The van der Waals surface area contributed by atoms with E-state index in [0.29, 0.717) is 0 Å². The van der Waals surface area contributed by atoms with Crippen LogP contribution < -0.4 is 5.32 Å². The van der Waals surface area contributed by atoms with Gasteiger partial charge in [0.15, 0.2) is 0 Å². The van der Waals surface area contributed by atoms with E-state index in [2.05, 4.69) is 11.6 Å². The van der Waals surface area contributed by atoms with E-state index >= 15 is 0 Å². The van der Waals surface area contributed by atoms with E-state index in [-0.39, 0.29) is 10.6 Å². The molecule has 0 aromatic heterocycles. The van der Waals surface area contributed by atoms with E-state index in [1.54, 1.807) is 19.1 Å². The first-order valence-electron chi connectivity index (χ1n) is 6.63. The summed E-state index contributed by atoms with van der Waals surface area (Å²) in [4.78, 5) is 10.5. The van der Waals surface area contributed by atoms with Crippen LogP contribution in [0.3, 0.4) is 0 Å². The average Bonchev–Trinajstić information content (AvgIpc) is 2.39. The maximum absolute atomic E-state index is 10.8. The number of anilines is 1. The van der Waals surface area contributed by atoms with Crippen molar-refractivity contribution in [1.29, 1.82) is 0 Å². The molecule has 0 heterocycles. The average molecular weight is 282 g/mol. The first-order chi connectivity index (χ1) is 9.16. The summed E-state index contributed by atoms with van der Waals surface area (Å²) in [5.74, 6) is 1.23. The molecule has 1 N–H and O–H groups in total. The molecule has 0 unspecified atom stereocenters. The van der Waals surface area contributed by atoms with E-state index in [9.17, 15) is 10.1 Å². The van der Waals surface area contributed by atoms with Crippen molar-refractivity contribution in [3.8, 4) is 0 Å². The van der Waals surface area contributed by atoms with Gasteiger partial charge in [0, 0.05) is 23.9 Å². The van der Waals surface area contributed by atoms with E-state index < -0.39 is 0 Å². The second-order valence-electron chi connectivity index (χ2n) is 4.54. The first-order valence-corrected chi connectivity index (χ1v) is 8.03. The van der Waals surface area contributed by atoms with Crippen molar-refractivity contribution in [3.05, 3.63) is 33.9 Å². The van der Waals surface area contributed by atoms with Crippen LogP contribution in [0.4, 0.5) is 11.4 Å². The fraction of sp³-hybridized carbons (Fsp3) is 0.571. The normalized spacial score (nSPS) is 10.4. The lowest BCUT2D eigenvalue weighted by atomic mass is 10.1. The molecular formula is C14H22N2O2S. The second-order valence-corrected chi connectivity index (χ2v) is 5.53. The molecule has 1 aromatic rings. The zero-order chi connectivity index (χ0) is 14.1. The van der Waals surface area contributed by atoms with Gasteiger partial charge in [-0.2, -0.15) is 11.8 Å². The molecule has 0 saturated carbocycles. The molecule has 0 amide bonds. The molecule has 0 radical (unpaired) electrons. The van der Waals surface area contributed by atoms with Crippen LogP contribution in [0.2, 0.25) is 0 Å². The number of hydrogen-bond donors (Lipinski definition) is 1. The third-order valence-corrected chi connectivity index (χ3v) is 3.79. The van der Waals surface area contributed by atoms with Gasteiger partial charge in [-0.15, -0.1) is 0 Å². The molecule has 5 heteroatoms. The van der Waals surface area contributed by atoms with Crippen LogP contribution >= 0.6 is 11.8 Å². The molecule has 4 nitrogen and oxygen atoms in total. The summed E-state index contributed by atoms with van der Waals surface area (Å²) in [6.45, 7) is 2.67. The lowest BCUT2D eigenvalue weighted by Crippen LogP contribution is -2.04. The number of nitrogens with zero attached hydrogens (tertiary/aromatic N) is 1. The number of unbranched alkanes of at least 4 members (excludes halogenated alkanes) is 3. The van der Waals surface area contributed by atoms with Crippen molar-refractivity contribution in [2.75, 3.05) is 23.9 Å². The molecule has 0 aliphatic carbocycles. The fourth-order valence-corrected chi connectivity index (χ4v) is 2.45. The summed E-state index contributed by atoms with van der Waals surface area (Å²) < 4.78 is 0. The molecule has 0 fully saturated rings. The van der Waals surface area contributed by atoms with Crippen LogP contribution in [-0.4, -0.2) is 23.5 Å². The van der Waals surface area contributed by atoms with Gasteiger partial charge in [-0.25, -0.2) is 0 Å². The predicted molar refractivity (Wildman–Crippen MR) is 83.2 cm³/mol. The highest BCUT2D eigenvalue weighted by Gasteiger charge is 2.12. The maximum Gasteiger partial charge on any atom is 0.274 e. The number of thioether (sulfide) groups is 1. The minimum atomic E-state index is -0.330. The van der Waals surface area contributed by atoms with Crippen LogP contribution in [0.5, 0.6) is 0 Å². The monoisotopic (exact) mass is 282 g/mol. The van der Waals surface area contributed by atoms with Gasteiger partial charge < -0.3 is 5.32 Å². The third-order valence-electron chi connectivity index (χ3n) is 3.09. The molecule has 0 bridgehead atoms. The zero-order valence-electron chi connectivity index (χ0n) is 11.6. The molecule has 0 spiro atoms. The van der Waals surface area contributed by atoms with Crippen molar-refractivity contribution in [2.24, 2.45) is 0 Å². The summed E-state index contributed by atoms with van der Waals surface area (Å²) in [5, 5.41) is 14.1. The molecule has 1 rings (SSSR count). The minimum Gasteiger partial charge on any atom is -0.385 e. The number of nitro benzene ring substituents is 1. The predicted octanol–water partition coefficient (Wildman–Crippen LogP) is 4.24. The Morgan fingerprint density at radius 1 is 1.26 bits per heavy atom. The van der Waals surface area contributed by atoms with Crippen LogP contribution in [0.25, 0.3) is 0 Å². The number of hydrogen-bond acceptors (Lipinski definition) is 4. The molecule has 0 aliphatic heterocycles. The van der Waals surface area contributed by atoms with Gasteiger partial charge in [0.05, 0.1) is 4.92 Å². The van der Waals surface area contributed by atoms with Crippen LogP contribution in [0.1, 0.15) is 31.2 Å². The summed E-state index contributed by atoms with van der Waals surface area (Å²) >= 11 is 1.89. The van der Waals surface area contributed by atoms with Crippen LogP contribution in [-0.2, 0) is 0 Å². The van der Waals surface area contributed by atoms with Gasteiger partial charge in [-0.1, -0.05) is 18.9 Å². The Hall–Kier alpha value is -1.23. The minimum absolute atomic E-state index is 0.185. The number of rotatable bonds is 9. The Morgan fingerprint density at radius 3 is 2.68 bits per heavy atom. The van der Waals surface area contributed by atoms with E-state index in [1.165, 1.54) is 25.0 Å². The molecule has 1 aromatic carbocycles. The smallest absolute Gasteiger partial charge is 0.274 e. The Labute approximate surface area is 119 Å². The number of benzene rings is 1. The summed E-state index contributed by atoms with van der Waals surface area (Å²) in [5.41, 5.74) is 1.78. The van der Waals surface area contributed by atoms with E-state index in [1.807, 2.05) is 17.8 Å². The van der Waals surface area contributed by atoms with Crippen molar-refractivity contribution >= 4 is 23.1 Å². The molecule has 0 aliphatic rings. The Kier molecular flexibility index (Phi) is 7.33. The van der Waals surface area contributed by atoms with Gasteiger partial charge in [-0.3, -0.25) is 10.1 Å². The summed E-state index contributed by atoms with van der Waals surface area (Å²) in [6, 6.07) is 5.17. The van der Waals surface area contributed by atoms with Gasteiger partial charge in [0.25, 0.3) is 5.69 Å². The zero-order valence-corrected chi connectivity index (χ0v) is 12.5. The first kappa shape index (κ1) is 15.8. The molecule has 0 atom stereocenters. The van der Waals surface area contributed by atoms with Crippen LogP contribution in [0.15, 0.2) is 18.2 Å². The number of nitro groups is 1. The Bertz CT molecular complexity index is 410. The Balaban J connectivity index is 2.33. The lowest BCUT2D eigenvalue weighted by Gasteiger charge is -2.09. The molecule has 106 valence electrons. The van der Waals surface area contributed by atoms with Gasteiger partial charge in [0.1, 0.15) is 0 Å². The van der Waals surface area contributed by atoms with Gasteiger partial charge in [-0.05, 0) is 37.8 Å². The van der Waals surface area contributed by atoms with Crippen molar-refractivity contribution in [3.63, 3.8) is 0 Å². The second kappa shape index (κ2) is 8.80. The Morgan fingerprint density at radius 2 is 2.00 bits per heavy atom. The van der Waals surface area contributed by atoms with E-state index in [0.717, 1.165) is 24.2 Å². The summed E-state index contributed by atoms with van der Waals surface area (Å²) in [7, 11) is 0. The van der Waals surface area contributed by atoms with Crippen LogP contribution in [0, 0.1) is 17.0 Å². The van der Waals surface area contributed by atoms with Crippen molar-refractivity contribution in [1.82, 2.24) is 0 Å². The third kappa shape index (κ3) is 5.51. The van der Waals surface area contributed by atoms with Crippen molar-refractivity contribution < 1.29 is 4.92 Å². The SMILES string of the molecule is CSCCCCCCNc1cccc([N+](=O)[O-])c1C. The lowest BCUT2D eigenvalue weighted by molar-refractivity contribution is -0.385. The molecule has 19 heavy (non-hydrogen) atoms. The highest BCUT2D eigenvalue weighted by Crippen LogP contribution is 2.24. The topological polar surface area (TPSA) is 55.2 Å². The number of nitrogens with one attached hydrogen (secondary N) is 1. The quantitative estimate of drug-likeness (QED) is 0.418. The van der Waals surface area contributed by atoms with E-state index in [4.69, 9.17) is 0 Å². The van der Waals surface area contributed by atoms with Crippen molar-refractivity contribution in [2.45, 2.75) is 32.6 Å². The highest BCUT2D eigenvalue weighted by atomic mass is 32.2. The fourth-order valence-electron chi connectivity index (χ4n) is 1.96. The largest absolute Gasteiger partial charge is 0.385 e. The molecule has 0 saturated heterocycles. The van der Waals surface area contributed by atoms with Gasteiger partial charge >= 0.3 is 0 Å². The highest BCUT2D eigenvalue weighted by molar-refractivity contribution is 7.98. The summed E-state index contributed by atoms with van der Waals surface area (Å²) in [6.07, 6.45) is 6.98. The van der Waals surface area contributed by atoms with Gasteiger partial charge in [0.2, 0.25) is 0 Å². The molecular weight excluding hydrogens is 260 g/mol. The maximum atomic E-state index is 10.8. The standard InChI is InChI=1S/C14H22N2O2S/c1-12-13(8-7-9-14(12)16(17)18)15-10-5-3-4-6-11-19-2/h7-9,15H,3-6,10-11H2,1-2H3.